The minimum atomic E-state index is 0.0248. The van der Waals surface area contributed by atoms with Crippen LogP contribution >= 0.6 is 0 Å². The molecule has 0 unspecified atom stereocenters. The third kappa shape index (κ3) is 3.38. The summed E-state index contributed by atoms with van der Waals surface area (Å²) in [5.74, 6) is 2.50. The number of carbonyl (C=O) groups is 1. The second-order valence-electron chi connectivity index (χ2n) is 7.46. The molecule has 0 spiro atoms. The van der Waals surface area contributed by atoms with Gasteiger partial charge in [0, 0.05) is 39.3 Å². The maximum Gasteiger partial charge on any atom is 0.274 e. The van der Waals surface area contributed by atoms with Crippen molar-refractivity contribution in [2.45, 2.75) is 38.1 Å². The number of rotatable bonds is 4. The Morgan fingerprint density at radius 2 is 1.85 bits per heavy atom. The number of hydrogen-bond donors (Lipinski definition) is 0. The fourth-order valence-electron chi connectivity index (χ4n) is 4.04. The summed E-state index contributed by atoms with van der Waals surface area (Å²) in [5.41, 5.74) is 0.525. The Bertz CT molecular complexity index is 766. The van der Waals surface area contributed by atoms with Gasteiger partial charge in [0.25, 0.3) is 5.91 Å². The lowest BCUT2D eigenvalue weighted by molar-refractivity contribution is 0.0703. The summed E-state index contributed by atoms with van der Waals surface area (Å²) in [6, 6.07) is 1.78. The van der Waals surface area contributed by atoms with Crippen LogP contribution in [0.15, 0.2) is 12.3 Å². The molecule has 2 aliphatic rings. The van der Waals surface area contributed by atoms with Gasteiger partial charge >= 0.3 is 0 Å². The maximum atomic E-state index is 12.5. The van der Waals surface area contributed by atoms with Gasteiger partial charge in [-0.15, -0.1) is 10.2 Å². The van der Waals surface area contributed by atoms with Gasteiger partial charge in [-0.1, -0.05) is 0 Å². The van der Waals surface area contributed by atoms with E-state index in [1.54, 1.807) is 16.9 Å². The summed E-state index contributed by atoms with van der Waals surface area (Å²) in [7, 11) is 3.91. The van der Waals surface area contributed by atoms with Crippen LogP contribution in [-0.4, -0.2) is 66.4 Å². The van der Waals surface area contributed by atoms with E-state index in [1.165, 1.54) is 12.8 Å². The first kappa shape index (κ1) is 17.2. The Labute approximate surface area is 153 Å². The molecular weight excluding hydrogens is 330 g/mol. The number of hydrogen-bond acceptors (Lipinski definition) is 5. The molecule has 2 saturated heterocycles. The molecule has 0 bridgehead atoms. The molecule has 0 saturated carbocycles. The van der Waals surface area contributed by atoms with E-state index >= 15 is 0 Å². The monoisotopic (exact) mass is 357 g/mol. The fourth-order valence-corrected chi connectivity index (χ4v) is 4.04. The average Bonchev–Trinajstić information content (AvgIpc) is 3.38. The SMILES string of the molecule is Cn1ccc(C(=O)N2CCC(c3nnc(CN4CCCC4)n3C)CC2)n1. The summed E-state index contributed by atoms with van der Waals surface area (Å²) in [6.07, 6.45) is 6.23. The summed E-state index contributed by atoms with van der Waals surface area (Å²) >= 11 is 0. The van der Waals surface area contributed by atoms with Gasteiger partial charge in [0.2, 0.25) is 0 Å². The van der Waals surface area contributed by atoms with E-state index in [-0.39, 0.29) is 5.91 Å². The Morgan fingerprint density at radius 1 is 1.12 bits per heavy atom. The van der Waals surface area contributed by atoms with Crippen molar-refractivity contribution in [2.24, 2.45) is 14.1 Å². The lowest BCUT2D eigenvalue weighted by atomic mass is 9.95. The molecule has 1 amide bonds. The summed E-state index contributed by atoms with van der Waals surface area (Å²) < 4.78 is 3.83. The number of aryl methyl sites for hydroxylation is 1. The molecular formula is C18H27N7O. The Morgan fingerprint density at radius 3 is 2.50 bits per heavy atom. The van der Waals surface area contributed by atoms with Crippen LogP contribution in [0.4, 0.5) is 0 Å². The third-order valence-corrected chi connectivity index (χ3v) is 5.64. The number of nitrogens with zero attached hydrogens (tertiary/aromatic N) is 7. The zero-order valence-corrected chi connectivity index (χ0v) is 15.6. The standard InChI is InChI=1S/C18H27N7O/c1-22-10-7-15(21-22)18(26)25-11-5-14(6-12-25)17-20-19-16(23(17)2)13-24-8-3-4-9-24/h7,10,14H,3-6,8-9,11-13H2,1-2H3. The molecule has 2 fully saturated rings. The van der Waals surface area contributed by atoms with Crippen molar-refractivity contribution in [1.82, 2.24) is 34.3 Å². The first-order valence-corrected chi connectivity index (χ1v) is 9.51. The van der Waals surface area contributed by atoms with Gasteiger partial charge in [0.15, 0.2) is 0 Å². The number of carbonyl (C=O) groups excluding carboxylic acids is 1. The van der Waals surface area contributed by atoms with E-state index < -0.39 is 0 Å². The molecule has 140 valence electrons. The van der Waals surface area contributed by atoms with Gasteiger partial charge < -0.3 is 9.47 Å². The third-order valence-electron chi connectivity index (χ3n) is 5.64. The van der Waals surface area contributed by atoms with Crippen LogP contribution in [0, 0.1) is 0 Å². The molecule has 2 aromatic heterocycles. The van der Waals surface area contributed by atoms with Crippen molar-refractivity contribution in [3.8, 4) is 0 Å². The minimum Gasteiger partial charge on any atom is -0.337 e. The zero-order valence-electron chi connectivity index (χ0n) is 15.6. The second kappa shape index (κ2) is 7.19. The molecule has 0 aromatic carbocycles. The number of piperidine rings is 1. The highest BCUT2D eigenvalue weighted by molar-refractivity contribution is 5.92. The first-order chi connectivity index (χ1) is 12.6. The van der Waals surface area contributed by atoms with Crippen LogP contribution in [0.25, 0.3) is 0 Å². The number of aromatic nitrogens is 5. The van der Waals surface area contributed by atoms with E-state index in [1.807, 2.05) is 11.9 Å². The van der Waals surface area contributed by atoms with E-state index in [0.717, 1.165) is 57.2 Å². The highest BCUT2D eigenvalue weighted by Crippen LogP contribution is 2.27. The predicted molar refractivity (Wildman–Crippen MR) is 96.6 cm³/mol. The van der Waals surface area contributed by atoms with Crippen molar-refractivity contribution in [3.05, 3.63) is 29.6 Å². The van der Waals surface area contributed by atoms with Gasteiger partial charge in [-0.3, -0.25) is 14.4 Å². The fraction of sp³-hybridized carbons (Fsp3) is 0.667. The highest BCUT2D eigenvalue weighted by atomic mass is 16.2. The van der Waals surface area contributed by atoms with E-state index in [2.05, 4.69) is 31.8 Å². The van der Waals surface area contributed by atoms with Crippen LogP contribution in [0.3, 0.4) is 0 Å². The molecule has 0 N–H and O–H groups in total. The first-order valence-electron chi connectivity index (χ1n) is 9.51. The number of amides is 1. The van der Waals surface area contributed by atoms with Crippen molar-refractivity contribution in [1.29, 1.82) is 0 Å². The Kier molecular flexibility index (Phi) is 4.76. The Balaban J connectivity index is 1.37. The molecule has 0 radical (unpaired) electrons. The second-order valence-corrected chi connectivity index (χ2v) is 7.46. The van der Waals surface area contributed by atoms with E-state index in [9.17, 15) is 4.79 Å². The molecule has 4 heterocycles. The maximum absolute atomic E-state index is 12.5. The van der Waals surface area contributed by atoms with Crippen LogP contribution in [0.5, 0.6) is 0 Å². The molecule has 0 atom stereocenters. The molecule has 0 aliphatic carbocycles. The summed E-state index contributed by atoms with van der Waals surface area (Å²) in [5, 5.41) is 13.1. The topological polar surface area (TPSA) is 72.1 Å². The lowest BCUT2D eigenvalue weighted by Crippen LogP contribution is -2.38. The van der Waals surface area contributed by atoms with Crippen molar-refractivity contribution >= 4 is 5.91 Å². The van der Waals surface area contributed by atoms with Crippen molar-refractivity contribution in [2.75, 3.05) is 26.2 Å². The normalized spacial score (nSPS) is 19.4. The van der Waals surface area contributed by atoms with Gasteiger partial charge in [-0.05, 0) is 44.8 Å². The Hall–Kier alpha value is -2.22. The molecule has 2 aromatic rings. The van der Waals surface area contributed by atoms with Crippen LogP contribution in [0.1, 0.15) is 53.7 Å². The molecule has 4 rings (SSSR count). The van der Waals surface area contributed by atoms with Gasteiger partial charge in [-0.2, -0.15) is 5.10 Å². The highest BCUT2D eigenvalue weighted by Gasteiger charge is 2.29. The van der Waals surface area contributed by atoms with E-state index in [4.69, 9.17) is 0 Å². The molecule has 8 nitrogen and oxygen atoms in total. The summed E-state index contributed by atoms with van der Waals surface area (Å²) in [6.45, 7) is 4.70. The average molecular weight is 357 g/mol. The van der Waals surface area contributed by atoms with Gasteiger partial charge in [0.1, 0.15) is 17.3 Å². The number of likely N-dealkylation sites (tertiary alicyclic amines) is 2. The lowest BCUT2D eigenvalue weighted by Gasteiger charge is -2.31. The molecule has 8 heteroatoms. The summed E-state index contributed by atoms with van der Waals surface area (Å²) in [4.78, 5) is 16.9. The van der Waals surface area contributed by atoms with E-state index in [0.29, 0.717) is 11.6 Å². The quantitative estimate of drug-likeness (QED) is 0.821. The van der Waals surface area contributed by atoms with Crippen molar-refractivity contribution in [3.63, 3.8) is 0 Å². The smallest absolute Gasteiger partial charge is 0.274 e. The van der Waals surface area contributed by atoms with Gasteiger partial charge in [-0.25, -0.2) is 0 Å². The molecule has 2 aliphatic heterocycles. The van der Waals surface area contributed by atoms with Crippen LogP contribution in [0.2, 0.25) is 0 Å². The minimum absolute atomic E-state index is 0.0248. The van der Waals surface area contributed by atoms with Crippen LogP contribution < -0.4 is 0 Å². The predicted octanol–water partition coefficient (Wildman–Crippen LogP) is 1.16. The molecule has 26 heavy (non-hydrogen) atoms. The van der Waals surface area contributed by atoms with Crippen molar-refractivity contribution < 1.29 is 4.79 Å². The van der Waals surface area contributed by atoms with Crippen LogP contribution in [-0.2, 0) is 20.6 Å². The zero-order chi connectivity index (χ0) is 18.1. The largest absolute Gasteiger partial charge is 0.337 e. The van der Waals surface area contributed by atoms with Gasteiger partial charge in [0.05, 0.1) is 6.54 Å².